The van der Waals surface area contributed by atoms with E-state index >= 15 is 0 Å². The summed E-state index contributed by atoms with van der Waals surface area (Å²) in [5.41, 5.74) is 0. The molecule has 0 bridgehead atoms. The van der Waals surface area contributed by atoms with Crippen molar-refractivity contribution in [2.24, 2.45) is 0 Å². The molecule has 0 N–H and O–H groups in total. The van der Waals surface area contributed by atoms with E-state index in [1.165, 1.54) is 148 Å². The molecule has 0 fully saturated rings. The van der Waals surface area contributed by atoms with Crippen molar-refractivity contribution < 1.29 is 28.6 Å². The van der Waals surface area contributed by atoms with Crippen LogP contribution in [-0.4, -0.2) is 37.2 Å². The molecule has 68 heavy (non-hydrogen) atoms. The fourth-order valence-corrected chi connectivity index (χ4v) is 8.11. The van der Waals surface area contributed by atoms with E-state index in [2.05, 4.69) is 93.7 Å². The second-order valence-electron chi connectivity index (χ2n) is 19.2. The molecule has 0 aromatic carbocycles. The Bertz CT molecular complexity index is 1270. The predicted octanol–water partition coefficient (Wildman–Crippen LogP) is 19.4. The van der Waals surface area contributed by atoms with E-state index in [1.807, 2.05) is 0 Å². The normalized spacial score (nSPS) is 12.6. The van der Waals surface area contributed by atoms with E-state index < -0.39 is 6.10 Å². The lowest BCUT2D eigenvalue weighted by atomic mass is 10.0. The molecule has 0 amide bonds. The summed E-state index contributed by atoms with van der Waals surface area (Å²) in [5, 5.41) is 0. The lowest BCUT2D eigenvalue weighted by molar-refractivity contribution is -0.167. The first-order valence-electron chi connectivity index (χ1n) is 28.9. The van der Waals surface area contributed by atoms with Crippen LogP contribution in [0.5, 0.6) is 0 Å². The van der Waals surface area contributed by atoms with Gasteiger partial charge in [0.25, 0.3) is 0 Å². The molecule has 0 saturated heterocycles. The van der Waals surface area contributed by atoms with Gasteiger partial charge in [0.2, 0.25) is 0 Å². The first kappa shape index (κ1) is 64.8. The predicted molar refractivity (Wildman–Crippen MR) is 293 cm³/mol. The van der Waals surface area contributed by atoms with E-state index in [0.29, 0.717) is 19.3 Å². The summed E-state index contributed by atoms with van der Waals surface area (Å²) in [4.78, 5) is 37.9. The Balaban J connectivity index is 4.15. The summed E-state index contributed by atoms with van der Waals surface area (Å²) >= 11 is 0. The molecule has 0 aliphatic heterocycles. The number of rotatable bonds is 52. The van der Waals surface area contributed by atoms with Crippen molar-refractivity contribution in [1.29, 1.82) is 0 Å². The molecule has 0 aliphatic carbocycles. The van der Waals surface area contributed by atoms with Crippen molar-refractivity contribution in [1.82, 2.24) is 0 Å². The minimum absolute atomic E-state index is 0.0786. The van der Waals surface area contributed by atoms with Crippen molar-refractivity contribution in [3.8, 4) is 0 Å². The lowest BCUT2D eigenvalue weighted by Gasteiger charge is -2.18. The molecular weight excluding hydrogens is 841 g/mol. The van der Waals surface area contributed by atoms with Gasteiger partial charge in [0, 0.05) is 19.3 Å². The van der Waals surface area contributed by atoms with Crippen molar-refractivity contribution >= 4 is 17.9 Å². The van der Waals surface area contributed by atoms with Gasteiger partial charge in [-0.25, -0.2) is 0 Å². The van der Waals surface area contributed by atoms with Crippen LogP contribution >= 0.6 is 0 Å². The molecule has 0 aromatic rings. The quantitative estimate of drug-likeness (QED) is 0.0262. The summed E-state index contributed by atoms with van der Waals surface area (Å²) in [6, 6.07) is 0. The first-order chi connectivity index (χ1) is 33.5. The van der Waals surface area contributed by atoms with Gasteiger partial charge in [0.05, 0.1) is 0 Å². The van der Waals surface area contributed by atoms with Crippen molar-refractivity contribution in [3.05, 3.63) is 72.9 Å². The molecule has 0 aromatic heterocycles. The third-order valence-electron chi connectivity index (χ3n) is 12.4. The molecule has 6 nitrogen and oxygen atoms in total. The van der Waals surface area contributed by atoms with Crippen LogP contribution in [0.2, 0.25) is 0 Å². The van der Waals surface area contributed by atoms with Gasteiger partial charge in [-0.3, -0.25) is 14.4 Å². The van der Waals surface area contributed by atoms with Crippen LogP contribution in [0.4, 0.5) is 0 Å². The van der Waals surface area contributed by atoms with E-state index in [1.54, 1.807) is 0 Å². The van der Waals surface area contributed by atoms with Crippen molar-refractivity contribution in [2.45, 2.75) is 290 Å². The zero-order valence-corrected chi connectivity index (χ0v) is 44.9. The van der Waals surface area contributed by atoms with E-state index in [0.717, 1.165) is 96.3 Å². The Hall–Kier alpha value is -3.15. The monoisotopic (exact) mass is 949 g/mol. The van der Waals surface area contributed by atoms with Gasteiger partial charge < -0.3 is 14.2 Å². The highest BCUT2D eigenvalue weighted by molar-refractivity contribution is 5.71. The van der Waals surface area contributed by atoms with Gasteiger partial charge in [-0.05, 0) is 89.9 Å². The van der Waals surface area contributed by atoms with Crippen LogP contribution in [-0.2, 0) is 28.6 Å². The maximum absolute atomic E-state index is 12.8. The zero-order chi connectivity index (χ0) is 49.3. The molecule has 0 spiro atoms. The number of hydrogen-bond acceptors (Lipinski definition) is 6. The topological polar surface area (TPSA) is 78.9 Å². The lowest BCUT2D eigenvalue weighted by Crippen LogP contribution is -2.30. The highest BCUT2D eigenvalue weighted by Crippen LogP contribution is 2.15. The van der Waals surface area contributed by atoms with E-state index in [4.69, 9.17) is 14.2 Å². The highest BCUT2D eigenvalue weighted by Gasteiger charge is 2.19. The molecule has 0 radical (unpaired) electrons. The summed E-state index contributed by atoms with van der Waals surface area (Å²) in [7, 11) is 0. The van der Waals surface area contributed by atoms with Crippen LogP contribution in [0.1, 0.15) is 284 Å². The average molecular weight is 950 g/mol. The Morgan fingerprint density at radius 2 is 0.574 bits per heavy atom. The van der Waals surface area contributed by atoms with E-state index in [-0.39, 0.29) is 31.1 Å². The minimum Gasteiger partial charge on any atom is -0.462 e. The maximum atomic E-state index is 12.8. The summed E-state index contributed by atoms with van der Waals surface area (Å²) in [6.07, 6.45) is 72.1. The number of esters is 3. The number of carbonyl (C=O) groups is 3. The van der Waals surface area contributed by atoms with Gasteiger partial charge in [0.1, 0.15) is 13.2 Å². The third kappa shape index (κ3) is 53.8. The van der Waals surface area contributed by atoms with Gasteiger partial charge >= 0.3 is 17.9 Å². The Kier molecular flexibility index (Phi) is 53.8. The standard InChI is InChI=1S/C62H108O6/c1-4-7-10-13-16-18-20-22-24-26-28-30-31-33-34-36-38-40-42-44-46-49-52-55-61(64)67-58-59(57-66-60(63)54-51-48-15-12-9-6-3)68-62(65)56-53-50-47-45-43-41-39-37-35-32-29-27-25-23-21-19-17-14-11-8-5-2/h8,11,17,19-20,22-23,25-26,28-29,32,59H,4-7,9-10,12-16,18,21,24,27,30-31,33-58H2,1-3H3/b11-8-,19-17-,22-20-,25-23-,28-26-,32-29-. The second kappa shape index (κ2) is 56.4. The van der Waals surface area contributed by atoms with E-state index in [9.17, 15) is 14.4 Å². The molecule has 392 valence electrons. The number of hydrogen-bond donors (Lipinski definition) is 0. The zero-order valence-electron chi connectivity index (χ0n) is 44.9. The first-order valence-corrected chi connectivity index (χ1v) is 28.9. The highest BCUT2D eigenvalue weighted by atomic mass is 16.6. The maximum Gasteiger partial charge on any atom is 0.306 e. The van der Waals surface area contributed by atoms with Crippen molar-refractivity contribution in [2.75, 3.05) is 13.2 Å². The smallest absolute Gasteiger partial charge is 0.306 e. The fourth-order valence-electron chi connectivity index (χ4n) is 8.11. The van der Waals surface area contributed by atoms with Gasteiger partial charge in [-0.15, -0.1) is 0 Å². The molecule has 0 aliphatic rings. The number of ether oxygens (including phenoxy) is 3. The Labute approximate surface area is 421 Å². The van der Waals surface area contributed by atoms with Crippen molar-refractivity contribution in [3.63, 3.8) is 0 Å². The SMILES string of the molecule is CC/C=C\C/C=C\C/C=C\C/C=C\CCCCCCCCCCC(=O)OC(COC(=O)CCCCCCCC)COC(=O)CCCCCCCCCCCCC/C=C\C/C=C\CCCCCCC. The summed E-state index contributed by atoms with van der Waals surface area (Å²) in [6.45, 7) is 6.47. The third-order valence-corrected chi connectivity index (χ3v) is 12.4. The second-order valence-corrected chi connectivity index (χ2v) is 19.2. The van der Waals surface area contributed by atoms with Gasteiger partial charge in [-0.2, -0.15) is 0 Å². The van der Waals surface area contributed by atoms with Gasteiger partial charge in [-0.1, -0.05) is 248 Å². The largest absolute Gasteiger partial charge is 0.462 e. The van der Waals surface area contributed by atoms with Gasteiger partial charge in [0.15, 0.2) is 6.10 Å². The van der Waals surface area contributed by atoms with Crippen LogP contribution in [0, 0.1) is 0 Å². The summed E-state index contributed by atoms with van der Waals surface area (Å²) in [5.74, 6) is -0.891. The molecule has 0 saturated carbocycles. The number of allylic oxidation sites excluding steroid dienone is 12. The van der Waals surface area contributed by atoms with Crippen LogP contribution < -0.4 is 0 Å². The molecule has 6 heteroatoms. The Morgan fingerprint density at radius 3 is 0.897 bits per heavy atom. The fraction of sp³-hybridized carbons (Fsp3) is 0.758. The molecule has 0 rings (SSSR count). The Morgan fingerprint density at radius 1 is 0.309 bits per heavy atom. The average Bonchev–Trinajstić information content (AvgIpc) is 3.34. The molecule has 0 heterocycles. The number of carbonyl (C=O) groups excluding carboxylic acids is 3. The van der Waals surface area contributed by atoms with Crippen LogP contribution in [0.3, 0.4) is 0 Å². The molecule has 1 unspecified atom stereocenters. The molecular formula is C62H108O6. The number of unbranched alkanes of at least 4 members (excludes halogenated alkanes) is 29. The molecule has 1 atom stereocenters. The summed E-state index contributed by atoms with van der Waals surface area (Å²) < 4.78 is 16.8. The van der Waals surface area contributed by atoms with Crippen LogP contribution in [0.25, 0.3) is 0 Å². The minimum atomic E-state index is -0.777. The van der Waals surface area contributed by atoms with Crippen LogP contribution in [0.15, 0.2) is 72.9 Å².